The first-order valence-corrected chi connectivity index (χ1v) is 8.59. The fourth-order valence-corrected chi connectivity index (χ4v) is 2.63. The molecule has 0 unspecified atom stereocenters. The number of nitrogens with one attached hydrogen (secondary N) is 2. The lowest BCUT2D eigenvalue weighted by Gasteiger charge is -2.08. The predicted octanol–water partition coefficient (Wildman–Crippen LogP) is 4.42. The number of amides is 1. The lowest BCUT2D eigenvalue weighted by Crippen LogP contribution is -2.22. The number of rotatable bonds is 5. The molecule has 1 heterocycles. The second-order valence-electron chi connectivity index (χ2n) is 5.99. The number of nitrogens with zero attached hydrogens (tertiary/aromatic N) is 2. The number of anilines is 2. The van der Waals surface area contributed by atoms with E-state index in [0.717, 1.165) is 22.6 Å². The van der Waals surface area contributed by atoms with Gasteiger partial charge in [0.1, 0.15) is 0 Å². The Morgan fingerprint density at radius 2 is 1.58 bits per heavy atom. The number of aromatic nitrogens is 2. The molecule has 0 fully saturated rings. The molecule has 26 heavy (non-hydrogen) atoms. The van der Waals surface area contributed by atoms with Gasteiger partial charge in [0.05, 0.1) is 0 Å². The predicted molar refractivity (Wildman–Crippen MR) is 104 cm³/mol. The van der Waals surface area contributed by atoms with E-state index in [-0.39, 0.29) is 5.91 Å². The zero-order chi connectivity index (χ0) is 18.5. The summed E-state index contributed by atoms with van der Waals surface area (Å²) in [5.41, 5.74) is 4.21. The molecule has 6 heteroatoms. The summed E-state index contributed by atoms with van der Waals surface area (Å²) in [4.78, 5) is 21.0. The molecule has 2 N–H and O–H groups in total. The van der Waals surface area contributed by atoms with E-state index in [1.54, 1.807) is 24.3 Å². The Hall–Kier alpha value is -2.92. The summed E-state index contributed by atoms with van der Waals surface area (Å²) in [6.07, 6.45) is 0. The second-order valence-corrected chi connectivity index (χ2v) is 6.42. The zero-order valence-corrected chi connectivity index (χ0v) is 15.3. The maximum atomic E-state index is 12.3. The molecule has 2 aromatic carbocycles. The van der Waals surface area contributed by atoms with Gasteiger partial charge in [0.25, 0.3) is 5.91 Å². The fraction of sp³-hybridized carbons (Fsp3) is 0.150. The summed E-state index contributed by atoms with van der Waals surface area (Å²) in [6, 6.07) is 16.5. The van der Waals surface area contributed by atoms with Gasteiger partial charge in [-0.1, -0.05) is 23.7 Å². The van der Waals surface area contributed by atoms with Crippen molar-refractivity contribution in [2.24, 2.45) is 0 Å². The molecule has 0 atom stereocenters. The molecule has 5 nitrogen and oxygen atoms in total. The molecule has 1 aromatic heterocycles. The fourth-order valence-electron chi connectivity index (χ4n) is 2.50. The summed E-state index contributed by atoms with van der Waals surface area (Å²) in [6.45, 7) is 4.30. The minimum atomic E-state index is -0.130. The van der Waals surface area contributed by atoms with Crippen LogP contribution < -0.4 is 10.6 Å². The van der Waals surface area contributed by atoms with E-state index in [0.29, 0.717) is 23.1 Å². The average molecular weight is 367 g/mol. The summed E-state index contributed by atoms with van der Waals surface area (Å²) < 4.78 is 0. The smallest absolute Gasteiger partial charge is 0.251 e. The van der Waals surface area contributed by atoms with Crippen LogP contribution in [-0.4, -0.2) is 15.9 Å². The van der Waals surface area contributed by atoms with E-state index < -0.39 is 0 Å². The van der Waals surface area contributed by atoms with E-state index in [1.807, 2.05) is 44.2 Å². The van der Waals surface area contributed by atoms with E-state index in [9.17, 15) is 4.79 Å². The lowest BCUT2D eigenvalue weighted by molar-refractivity contribution is 0.0951. The van der Waals surface area contributed by atoms with Gasteiger partial charge >= 0.3 is 0 Å². The van der Waals surface area contributed by atoms with Crippen LogP contribution in [0.15, 0.2) is 54.6 Å². The van der Waals surface area contributed by atoms with E-state index in [4.69, 9.17) is 11.6 Å². The highest BCUT2D eigenvalue weighted by Gasteiger charge is 2.06. The molecule has 0 saturated heterocycles. The van der Waals surface area contributed by atoms with Crippen LogP contribution in [0.3, 0.4) is 0 Å². The first-order valence-electron chi connectivity index (χ1n) is 8.21. The van der Waals surface area contributed by atoms with Crippen molar-refractivity contribution < 1.29 is 4.79 Å². The van der Waals surface area contributed by atoms with Crippen molar-refractivity contribution in [1.29, 1.82) is 0 Å². The SMILES string of the molecule is Cc1cc(C)nc(Nc2ccc(C(=O)NCc3ccc(Cl)cc3)cc2)n1. The van der Waals surface area contributed by atoms with Crippen molar-refractivity contribution >= 4 is 29.1 Å². The van der Waals surface area contributed by atoms with Crippen molar-refractivity contribution in [3.8, 4) is 0 Å². The topological polar surface area (TPSA) is 66.9 Å². The summed E-state index contributed by atoms with van der Waals surface area (Å²) in [7, 11) is 0. The third-order valence-electron chi connectivity index (χ3n) is 3.75. The van der Waals surface area contributed by atoms with Crippen LogP contribution >= 0.6 is 11.6 Å². The number of carbonyl (C=O) groups excluding carboxylic acids is 1. The van der Waals surface area contributed by atoms with E-state index in [2.05, 4.69) is 20.6 Å². The van der Waals surface area contributed by atoms with Gasteiger partial charge in [0, 0.05) is 34.2 Å². The van der Waals surface area contributed by atoms with Gasteiger partial charge in [0.2, 0.25) is 5.95 Å². The average Bonchev–Trinajstić information content (AvgIpc) is 2.61. The quantitative estimate of drug-likeness (QED) is 0.701. The Balaban J connectivity index is 1.61. The molecular weight excluding hydrogens is 348 g/mol. The van der Waals surface area contributed by atoms with Crippen molar-refractivity contribution in [3.05, 3.63) is 82.1 Å². The minimum absolute atomic E-state index is 0.130. The number of aryl methyl sites for hydroxylation is 2. The van der Waals surface area contributed by atoms with Crippen LogP contribution in [0.2, 0.25) is 5.02 Å². The number of hydrogen-bond donors (Lipinski definition) is 2. The Labute approximate surface area is 157 Å². The normalized spacial score (nSPS) is 10.4. The van der Waals surface area contributed by atoms with Gasteiger partial charge in [-0.05, 0) is 61.9 Å². The molecule has 0 radical (unpaired) electrons. The number of halogens is 1. The second kappa shape index (κ2) is 7.97. The van der Waals surface area contributed by atoms with Crippen molar-refractivity contribution in [2.45, 2.75) is 20.4 Å². The highest BCUT2D eigenvalue weighted by atomic mass is 35.5. The molecule has 0 aliphatic carbocycles. The molecular formula is C20H19ClN4O. The van der Waals surface area contributed by atoms with Gasteiger partial charge in [-0.25, -0.2) is 9.97 Å². The van der Waals surface area contributed by atoms with Crippen LogP contribution in [-0.2, 0) is 6.54 Å². The molecule has 3 rings (SSSR count). The lowest BCUT2D eigenvalue weighted by atomic mass is 10.1. The first kappa shape index (κ1) is 17.9. The largest absolute Gasteiger partial charge is 0.348 e. The Bertz CT molecular complexity index is 888. The zero-order valence-electron chi connectivity index (χ0n) is 14.6. The maximum Gasteiger partial charge on any atom is 0.251 e. The summed E-state index contributed by atoms with van der Waals surface area (Å²) >= 11 is 5.86. The molecule has 3 aromatic rings. The third-order valence-corrected chi connectivity index (χ3v) is 4.00. The number of carbonyl (C=O) groups is 1. The van der Waals surface area contributed by atoms with Crippen LogP contribution in [0.4, 0.5) is 11.6 Å². The van der Waals surface area contributed by atoms with Crippen LogP contribution in [0, 0.1) is 13.8 Å². The summed E-state index contributed by atoms with van der Waals surface area (Å²) in [5, 5.41) is 6.72. The maximum absolute atomic E-state index is 12.3. The molecule has 0 spiro atoms. The van der Waals surface area contributed by atoms with Gasteiger partial charge in [-0.3, -0.25) is 4.79 Å². The van der Waals surface area contributed by atoms with Crippen molar-refractivity contribution in [3.63, 3.8) is 0 Å². The minimum Gasteiger partial charge on any atom is -0.348 e. The molecule has 132 valence electrons. The molecule has 0 bridgehead atoms. The number of benzene rings is 2. The Morgan fingerprint density at radius 3 is 2.19 bits per heavy atom. The Morgan fingerprint density at radius 1 is 0.962 bits per heavy atom. The Kier molecular flexibility index (Phi) is 5.49. The molecule has 0 aliphatic rings. The van der Waals surface area contributed by atoms with Gasteiger partial charge in [0.15, 0.2) is 0 Å². The van der Waals surface area contributed by atoms with Crippen molar-refractivity contribution in [1.82, 2.24) is 15.3 Å². The molecule has 1 amide bonds. The van der Waals surface area contributed by atoms with Crippen LogP contribution in [0.1, 0.15) is 27.3 Å². The molecule has 0 aliphatic heterocycles. The third kappa shape index (κ3) is 4.80. The van der Waals surface area contributed by atoms with Crippen LogP contribution in [0.25, 0.3) is 0 Å². The van der Waals surface area contributed by atoms with Crippen LogP contribution in [0.5, 0.6) is 0 Å². The first-order chi connectivity index (χ1) is 12.5. The monoisotopic (exact) mass is 366 g/mol. The summed E-state index contributed by atoms with van der Waals surface area (Å²) in [5.74, 6) is 0.414. The van der Waals surface area contributed by atoms with E-state index >= 15 is 0 Å². The van der Waals surface area contributed by atoms with Gasteiger partial charge in [-0.15, -0.1) is 0 Å². The van der Waals surface area contributed by atoms with E-state index in [1.165, 1.54) is 0 Å². The standard InChI is InChI=1S/C20H19ClN4O/c1-13-11-14(2)24-20(23-13)25-18-9-5-16(6-10-18)19(26)22-12-15-3-7-17(21)8-4-15/h3-11H,12H2,1-2H3,(H,22,26)(H,23,24,25). The highest BCUT2D eigenvalue weighted by molar-refractivity contribution is 6.30. The van der Waals surface area contributed by atoms with Gasteiger partial charge in [-0.2, -0.15) is 0 Å². The highest BCUT2D eigenvalue weighted by Crippen LogP contribution is 2.15. The van der Waals surface area contributed by atoms with Crippen molar-refractivity contribution in [2.75, 3.05) is 5.32 Å². The number of hydrogen-bond acceptors (Lipinski definition) is 4. The van der Waals surface area contributed by atoms with Gasteiger partial charge < -0.3 is 10.6 Å². The molecule has 0 saturated carbocycles.